The first-order valence-corrected chi connectivity index (χ1v) is 9.94. The van der Waals surface area contributed by atoms with E-state index in [1.807, 2.05) is 42.5 Å². The van der Waals surface area contributed by atoms with E-state index in [9.17, 15) is 9.90 Å². The number of hydrogen-bond acceptors (Lipinski definition) is 4. The van der Waals surface area contributed by atoms with Gasteiger partial charge in [-0.15, -0.1) is 0 Å². The van der Waals surface area contributed by atoms with E-state index in [1.165, 1.54) is 25.3 Å². The van der Waals surface area contributed by atoms with E-state index in [2.05, 4.69) is 9.88 Å². The molecule has 0 radical (unpaired) electrons. The molecule has 1 aliphatic rings. The van der Waals surface area contributed by atoms with Gasteiger partial charge in [-0.3, -0.25) is 4.79 Å². The minimum absolute atomic E-state index is 0.181. The van der Waals surface area contributed by atoms with E-state index in [1.54, 1.807) is 6.07 Å². The van der Waals surface area contributed by atoms with Crippen LogP contribution in [-0.4, -0.2) is 34.6 Å². The molecule has 0 aliphatic carbocycles. The van der Waals surface area contributed by atoms with Gasteiger partial charge >= 0.3 is 0 Å². The molecule has 2 aromatic carbocycles. The van der Waals surface area contributed by atoms with E-state index in [4.69, 9.17) is 4.74 Å². The Morgan fingerprint density at radius 2 is 1.79 bits per heavy atom. The molecule has 1 unspecified atom stereocenters. The van der Waals surface area contributed by atoms with E-state index in [-0.39, 0.29) is 5.56 Å². The summed E-state index contributed by atoms with van der Waals surface area (Å²) in [7, 11) is 0. The average molecular weight is 378 g/mol. The molecule has 28 heavy (non-hydrogen) atoms. The summed E-state index contributed by atoms with van der Waals surface area (Å²) in [5.74, 6) is 0.616. The van der Waals surface area contributed by atoms with Crippen LogP contribution >= 0.6 is 0 Å². The maximum atomic E-state index is 11.9. The van der Waals surface area contributed by atoms with Gasteiger partial charge in [0.1, 0.15) is 12.4 Å². The Bertz CT molecular complexity index is 978. The minimum Gasteiger partial charge on any atom is -0.487 e. The maximum Gasteiger partial charge on any atom is 0.248 e. The van der Waals surface area contributed by atoms with E-state index in [0.29, 0.717) is 24.4 Å². The molecule has 0 saturated carbocycles. The van der Waals surface area contributed by atoms with Crippen LogP contribution in [-0.2, 0) is 6.61 Å². The highest BCUT2D eigenvalue weighted by Gasteiger charge is 2.19. The third-order valence-corrected chi connectivity index (χ3v) is 5.37. The smallest absolute Gasteiger partial charge is 0.248 e. The molecule has 1 aromatic heterocycles. The maximum absolute atomic E-state index is 11.9. The Hall–Kier alpha value is -2.63. The molecule has 0 spiro atoms. The SMILES string of the molecule is O=c1ccc2c(C(O)CN3CCCCC3)ccc(OCc3ccccc3)c2[nH]1. The lowest BCUT2D eigenvalue weighted by molar-refractivity contribution is 0.102. The number of benzene rings is 2. The van der Waals surface area contributed by atoms with E-state index in [0.717, 1.165) is 29.6 Å². The fourth-order valence-electron chi connectivity index (χ4n) is 3.88. The molecular formula is C23H26N2O3. The van der Waals surface area contributed by atoms with Crippen molar-refractivity contribution in [3.63, 3.8) is 0 Å². The number of H-pyrrole nitrogens is 1. The van der Waals surface area contributed by atoms with Gasteiger partial charge in [0.25, 0.3) is 0 Å². The summed E-state index contributed by atoms with van der Waals surface area (Å²) in [4.78, 5) is 17.1. The molecule has 1 saturated heterocycles. The highest BCUT2D eigenvalue weighted by molar-refractivity contribution is 5.87. The summed E-state index contributed by atoms with van der Waals surface area (Å²) < 4.78 is 5.98. The number of ether oxygens (including phenoxy) is 1. The van der Waals surface area contributed by atoms with Crippen LogP contribution in [0.3, 0.4) is 0 Å². The highest BCUT2D eigenvalue weighted by atomic mass is 16.5. The number of β-amino-alcohol motifs (C(OH)–C–C–N with tert-alkyl or cyclic N) is 1. The molecule has 3 aromatic rings. The lowest BCUT2D eigenvalue weighted by atomic mass is 10.0. The molecular weight excluding hydrogens is 352 g/mol. The Labute approximate surface area is 164 Å². The quantitative estimate of drug-likeness (QED) is 0.687. The Morgan fingerprint density at radius 1 is 1.00 bits per heavy atom. The van der Waals surface area contributed by atoms with Crippen molar-refractivity contribution in [3.8, 4) is 5.75 Å². The lowest BCUT2D eigenvalue weighted by Crippen LogP contribution is -2.33. The molecule has 1 aliphatic heterocycles. The normalized spacial score (nSPS) is 16.2. The number of fused-ring (bicyclic) bond motifs is 1. The van der Waals surface area contributed by atoms with Gasteiger partial charge in [-0.1, -0.05) is 42.8 Å². The summed E-state index contributed by atoms with van der Waals surface area (Å²) in [5, 5.41) is 11.7. The van der Waals surface area contributed by atoms with Crippen molar-refractivity contribution in [2.75, 3.05) is 19.6 Å². The number of aliphatic hydroxyl groups is 1. The van der Waals surface area contributed by atoms with E-state index < -0.39 is 6.10 Å². The number of hydrogen-bond donors (Lipinski definition) is 2. The number of rotatable bonds is 6. The van der Waals surface area contributed by atoms with Crippen molar-refractivity contribution in [2.24, 2.45) is 0 Å². The number of aromatic nitrogens is 1. The molecule has 5 heteroatoms. The number of nitrogens with zero attached hydrogens (tertiary/aromatic N) is 1. The topological polar surface area (TPSA) is 65.6 Å². The van der Waals surface area contributed by atoms with Crippen molar-refractivity contribution in [2.45, 2.75) is 32.0 Å². The number of likely N-dealkylation sites (tertiary alicyclic amines) is 1. The number of aliphatic hydroxyl groups excluding tert-OH is 1. The second kappa shape index (κ2) is 8.59. The fraction of sp³-hybridized carbons (Fsp3) is 0.348. The summed E-state index contributed by atoms with van der Waals surface area (Å²) in [6, 6.07) is 16.9. The predicted octanol–water partition coefficient (Wildman–Crippen LogP) is 3.63. The Kier molecular flexibility index (Phi) is 5.74. The van der Waals surface area contributed by atoms with Crippen molar-refractivity contribution in [1.29, 1.82) is 0 Å². The van der Waals surface area contributed by atoms with Gasteiger partial charge in [-0.05, 0) is 49.2 Å². The molecule has 146 valence electrons. The largest absolute Gasteiger partial charge is 0.487 e. The van der Waals surface area contributed by atoms with Crippen LogP contribution in [0.5, 0.6) is 5.75 Å². The van der Waals surface area contributed by atoms with Crippen molar-refractivity contribution < 1.29 is 9.84 Å². The van der Waals surface area contributed by atoms with E-state index >= 15 is 0 Å². The summed E-state index contributed by atoms with van der Waals surface area (Å²) in [6.45, 7) is 3.09. The molecule has 2 heterocycles. The van der Waals surface area contributed by atoms with Crippen molar-refractivity contribution in [1.82, 2.24) is 9.88 Å². The zero-order valence-corrected chi connectivity index (χ0v) is 15.9. The number of pyridine rings is 1. The van der Waals surface area contributed by atoms with Gasteiger partial charge in [-0.25, -0.2) is 0 Å². The first-order chi connectivity index (χ1) is 13.7. The molecule has 1 atom stereocenters. The standard InChI is InChI=1S/C23H26N2O3/c26-20(15-25-13-5-2-6-14-25)18-9-11-21(23-19(18)10-12-22(27)24-23)28-16-17-7-3-1-4-8-17/h1,3-4,7-12,20,26H,2,5-6,13-16H2,(H,24,27). The third kappa shape index (κ3) is 4.26. The van der Waals surface area contributed by atoms with Gasteiger partial charge in [0.05, 0.1) is 11.6 Å². The van der Waals surface area contributed by atoms with Gasteiger partial charge in [-0.2, -0.15) is 0 Å². The number of piperidine rings is 1. The van der Waals surface area contributed by atoms with Gasteiger partial charge in [0.2, 0.25) is 5.56 Å². The summed E-state index contributed by atoms with van der Waals surface area (Å²) in [5.41, 5.74) is 2.34. The summed E-state index contributed by atoms with van der Waals surface area (Å²) >= 11 is 0. The second-order valence-corrected chi connectivity index (χ2v) is 7.42. The van der Waals surface area contributed by atoms with Crippen molar-refractivity contribution >= 4 is 10.9 Å². The van der Waals surface area contributed by atoms with Crippen LogP contribution in [0.2, 0.25) is 0 Å². The Morgan fingerprint density at radius 3 is 2.57 bits per heavy atom. The fourth-order valence-corrected chi connectivity index (χ4v) is 3.88. The first-order valence-electron chi connectivity index (χ1n) is 9.94. The first kappa shape index (κ1) is 18.7. The summed E-state index contributed by atoms with van der Waals surface area (Å²) in [6.07, 6.45) is 3.04. The second-order valence-electron chi connectivity index (χ2n) is 7.42. The van der Waals surface area contributed by atoms with Crippen molar-refractivity contribution in [3.05, 3.63) is 76.1 Å². The van der Waals surface area contributed by atoms with Gasteiger partial charge < -0.3 is 19.7 Å². The zero-order chi connectivity index (χ0) is 19.3. The molecule has 2 N–H and O–H groups in total. The lowest BCUT2D eigenvalue weighted by Gasteiger charge is -2.29. The Balaban J connectivity index is 1.61. The predicted molar refractivity (Wildman–Crippen MR) is 111 cm³/mol. The van der Waals surface area contributed by atoms with Crippen LogP contribution in [0.15, 0.2) is 59.4 Å². The monoisotopic (exact) mass is 378 g/mol. The molecule has 5 nitrogen and oxygen atoms in total. The number of nitrogens with one attached hydrogen (secondary N) is 1. The van der Waals surface area contributed by atoms with Crippen LogP contribution in [0, 0.1) is 0 Å². The highest BCUT2D eigenvalue weighted by Crippen LogP contribution is 2.31. The molecule has 1 fully saturated rings. The molecule has 4 rings (SSSR count). The van der Waals surface area contributed by atoms with Crippen LogP contribution < -0.4 is 10.3 Å². The van der Waals surface area contributed by atoms with Gasteiger partial charge in [0, 0.05) is 18.0 Å². The third-order valence-electron chi connectivity index (χ3n) is 5.37. The zero-order valence-electron chi connectivity index (χ0n) is 15.9. The van der Waals surface area contributed by atoms with Crippen LogP contribution in [0.1, 0.15) is 36.5 Å². The molecule has 0 bridgehead atoms. The van der Waals surface area contributed by atoms with Gasteiger partial charge in [0.15, 0.2) is 0 Å². The van der Waals surface area contributed by atoms with Crippen LogP contribution in [0.4, 0.5) is 0 Å². The number of aromatic amines is 1. The average Bonchev–Trinajstić information content (AvgIpc) is 2.73. The molecule has 0 amide bonds. The minimum atomic E-state index is -0.602. The van der Waals surface area contributed by atoms with Crippen LogP contribution in [0.25, 0.3) is 10.9 Å².